The molecule has 12 heterocycles. The van der Waals surface area contributed by atoms with Gasteiger partial charge < -0.3 is 63.8 Å². The van der Waals surface area contributed by atoms with Gasteiger partial charge in [-0.2, -0.15) is 0 Å². The highest BCUT2D eigenvalue weighted by atomic mass is 19.1. The Labute approximate surface area is 711 Å². The molecule has 2 unspecified atom stereocenters. The lowest BCUT2D eigenvalue weighted by Crippen LogP contribution is -2.52. The fourth-order valence-corrected chi connectivity index (χ4v) is 13.1. The molecular formula is C78H72F6N18O18. The summed E-state index contributed by atoms with van der Waals surface area (Å²) in [4.78, 5) is 220. The standard InChI is InChI=1S/6C13H12FN3O3/c6*14-6-3-7-8(9(15)4-6)5-17(13(7)20)10-1-2-11(18)16-12(10)19/h6*3-4,10H,1-2,5,15H2,(H,16,18,19)/t4*10-;;/m1100../s1/i3D,4D,5D2;1D2,2D2,10D;3D,4D,5D2;1D2,2D2,10D;3D,4D,5D2;1D2,2D2,10D. The monoisotopic (exact) mass is 1690 g/mol. The summed E-state index contributed by atoms with van der Waals surface area (Å²) in [5.41, 5.74) is 27.9. The number of amides is 18. The number of carbonyl (C=O) groups excluding carboxylic acids is 18. The summed E-state index contributed by atoms with van der Waals surface area (Å²) >= 11 is 0. The fraction of sp³-hybridized carbons (Fsp3) is 0.308. The largest absolute Gasteiger partial charge is 0.398 e. The van der Waals surface area contributed by atoms with Crippen molar-refractivity contribution < 1.29 is 150 Å². The number of nitrogens with one attached hydrogen (secondary N) is 6. The Balaban J connectivity index is 0.000000147. The van der Waals surface area contributed by atoms with Crippen LogP contribution in [0.3, 0.4) is 0 Å². The maximum atomic E-state index is 13.9. The van der Waals surface area contributed by atoms with Crippen LogP contribution in [0.5, 0.6) is 0 Å². The molecule has 0 saturated carbocycles. The van der Waals surface area contributed by atoms with Gasteiger partial charge in [0.15, 0.2) is 0 Å². The number of imide groups is 6. The van der Waals surface area contributed by atoms with E-state index in [0.29, 0.717) is 29.4 Å². The first kappa shape index (κ1) is 55.1. The summed E-state index contributed by atoms with van der Waals surface area (Å²) in [6.07, 6.45) is -20.5. The van der Waals surface area contributed by atoms with Crippen molar-refractivity contribution in [3.63, 3.8) is 0 Å². The normalized spacial score (nSPS) is 30.9. The maximum absolute atomic E-state index is 13.9. The topological polar surface area (TPSA) is 555 Å². The van der Waals surface area contributed by atoms with Gasteiger partial charge in [0.1, 0.15) is 71.1 Å². The smallest absolute Gasteiger partial charge is 0.255 e. The van der Waals surface area contributed by atoms with Crippen molar-refractivity contribution in [1.82, 2.24) is 61.3 Å². The first-order valence-corrected chi connectivity index (χ1v) is 34.4. The Bertz CT molecular complexity index is 6440. The molecule has 0 aliphatic carbocycles. The zero-order valence-electron chi connectivity index (χ0n) is 87.3. The number of nitrogens with two attached hydrogens (primary N) is 6. The van der Waals surface area contributed by atoms with Crippen LogP contribution in [0, 0.1) is 34.9 Å². The molecule has 6 aromatic rings. The minimum absolute atomic E-state index is 0.0894. The van der Waals surface area contributed by atoms with E-state index in [4.69, 9.17) is 71.4 Å². The summed E-state index contributed by atoms with van der Waals surface area (Å²) < 4.78 is 295. The van der Waals surface area contributed by atoms with Crippen LogP contribution in [-0.2, 0) is 96.7 Å². The SMILES string of the molecule is [2H]C1([2H])C(=O)NC(=O)C([2H])(N2Cc3c(N)cc(F)cc3C2=O)C1([2H])[2H].[2H]C1([2H])C(=O)NC(=O)[C@@]([2H])(N2Cc3c(N)cc(F)cc3C2=O)C1([2H])[2H].[2H]C1([2H])C(=O)NC(=O)[C@]([2H])(N2Cc3c(N)cc(F)cc3C2=O)C1([2H])[2H].[2H]c1c(N)c2c(c([2H])c1F)C(=O)N(C1CCC(=O)NC1=O)C2([2H])[2H].[2H]c1c(N)c2c(c([2H])c1F)C(=O)N([C@@H]1CCC(=O)NC1=O)C2([2H])[2H].[2H]c1c(N)c2c(c([2H])c1F)C(=O)N([C@H]1CCC(=O)NC1=O)C2([2H])[2H]. The third-order valence-corrected chi connectivity index (χ3v) is 18.7. The van der Waals surface area contributed by atoms with Crippen molar-refractivity contribution in [3.05, 3.63) is 174 Å². The van der Waals surface area contributed by atoms with Gasteiger partial charge in [0.2, 0.25) is 70.9 Å². The molecule has 120 heavy (non-hydrogen) atoms. The third-order valence-electron chi connectivity index (χ3n) is 18.7. The van der Waals surface area contributed by atoms with Crippen LogP contribution in [0.2, 0.25) is 0 Å². The molecule has 0 spiro atoms. The zero-order valence-corrected chi connectivity index (χ0v) is 60.3. The van der Waals surface area contributed by atoms with E-state index < -0.39 is 341 Å². The fourth-order valence-electron chi connectivity index (χ4n) is 13.1. The van der Waals surface area contributed by atoms with Gasteiger partial charge in [0.05, 0.1) is 20.6 Å². The predicted octanol–water partition coefficient (Wildman–Crippen LogP) is 1.01. The van der Waals surface area contributed by atoms with E-state index in [0.717, 1.165) is 36.4 Å². The molecular weight excluding hydrogens is 1590 g/mol. The minimum atomic E-state index is -3.37. The Morgan fingerprint density at radius 1 is 0.292 bits per heavy atom. The van der Waals surface area contributed by atoms with Gasteiger partial charge in [0.25, 0.3) is 35.4 Å². The second kappa shape index (κ2) is 33.2. The van der Waals surface area contributed by atoms with Crippen molar-refractivity contribution >= 4 is 140 Å². The summed E-state index contributed by atoms with van der Waals surface area (Å²) in [7, 11) is 0. The molecule has 6 fully saturated rings. The highest BCUT2D eigenvalue weighted by Gasteiger charge is 2.47. The van der Waals surface area contributed by atoms with Crippen molar-refractivity contribution in [1.29, 1.82) is 0 Å². The van der Waals surface area contributed by atoms with Gasteiger partial charge in [0, 0.05) is 195 Å². The Hall–Kier alpha value is -14.6. The van der Waals surface area contributed by atoms with Crippen LogP contribution in [0.15, 0.2) is 72.7 Å². The van der Waals surface area contributed by atoms with E-state index in [1.807, 2.05) is 16.0 Å². The Morgan fingerprint density at radius 3 is 0.767 bits per heavy atom. The van der Waals surface area contributed by atoms with Crippen LogP contribution < -0.4 is 66.3 Å². The molecule has 18 rings (SSSR count). The van der Waals surface area contributed by atoms with E-state index in [1.165, 1.54) is 0 Å². The molecule has 42 heteroatoms. The van der Waals surface area contributed by atoms with Crippen LogP contribution in [-0.4, -0.2) is 172 Å². The van der Waals surface area contributed by atoms with Crippen LogP contribution in [0.4, 0.5) is 60.5 Å². The van der Waals surface area contributed by atoms with E-state index in [-0.39, 0.29) is 89.0 Å². The number of fused-ring (bicyclic) bond motifs is 6. The average molecular weight is 1690 g/mol. The van der Waals surface area contributed by atoms with Crippen LogP contribution in [0.25, 0.3) is 0 Å². The van der Waals surface area contributed by atoms with Gasteiger partial charge in [-0.3, -0.25) is 118 Å². The van der Waals surface area contributed by atoms with Gasteiger partial charge >= 0.3 is 0 Å². The van der Waals surface area contributed by atoms with Gasteiger partial charge in [-0.05, 0) is 111 Å². The number of halogens is 6. The minimum Gasteiger partial charge on any atom is -0.398 e. The summed E-state index contributed by atoms with van der Waals surface area (Å²) in [6, 6.07) is -13.3. The van der Waals surface area contributed by atoms with E-state index in [9.17, 15) is 113 Å². The molecule has 18 N–H and O–H groups in total. The lowest BCUT2D eigenvalue weighted by Gasteiger charge is -2.29. The first-order chi connectivity index (χ1) is 67.3. The maximum Gasteiger partial charge on any atom is 0.255 e. The molecule has 0 aromatic heterocycles. The molecule has 0 radical (unpaired) electrons. The molecule has 36 nitrogen and oxygen atoms in total. The number of hydrogen-bond acceptors (Lipinski definition) is 24. The number of benzene rings is 6. The summed E-state index contributed by atoms with van der Waals surface area (Å²) in [5.74, 6) is -26.1. The first-order valence-electron chi connectivity index (χ1n) is 47.9. The Kier molecular flexibility index (Phi) is 15.2. The van der Waals surface area contributed by atoms with Crippen molar-refractivity contribution in [2.75, 3.05) is 34.4 Å². The molecule has 6 saturated heterocycles. The molecule has 624 valence electrons. The lowest BCUT2D eigenvalue weighted by atomic mass is 10.0. The Morgan fingerprint density at radius 2 is 0.525 bits per heavy atom. The molecule has 12 aliphatic rings. The van der Waals surface area contributed by atoms with Gasteiger partial charge in [-0.15, -0.1) is 0 Å². The van der Waals surface area contributed by atoms with E-state index in [1.54, 1.807) is 16.0 Å². The van der Waals surface area contributed by atoms with Gasteiger partial charge in [-0.1, -0.05) is 0 Å². The molecule has 0 bridgehead atoms. The number of hydrogen-bond donors (Lipinski definition) is 12. The number of carbonyl (C=O) groups is 18. The van der Waals surface area contributed by atoms with Crippen molar-refractivity contribution in [2.45, 2.75) is 152 Å². The zero-order chi connectivity index (χ0) is 111. The number of piperidine rings is 6. The molecule has 6 aromatic carbocycles. The second-order valence-electron chi connectivity index (χ2n) is 26.3. The second-order valence-corrected chi connectivity index (χ2v) is 26.3. The van der Waals surface area contributed by atoms with Crippen LogP contribution >= 0.6 is 0 Å². The predicted molar refractivity (Wildman–Crippen MR) is 401 cm³/mol. The quantitative estimate of drug-likeness (QED) is 0.0629. The van der Waals surface area contributed by atoms with Crippen molar-refractivity contribution in [3.8, 4) is 0 Å². The molecule has 12 aliphatic heterocycles. The lowest BCUT2D eigenvalue weighted by molar-refractivity contribution is -0.138. The highest BCUT2D eigenvalue weighted by Crippen LogP contribution is 2.39. The van der Waals surface area contributed by atoms with Crippen molar-refractivity contribution in [2.24, 2.45) is 0 Å². The summed E-state index contributed by atoms with van der Waals surface area (Å²) in [5, 5.41) is 10.8. The number of nitrogen functional groups attached to an aromatic ring is 6. The number of rotatable bonds is 6. The van der Waals surface area contributed by atoms with Crippen LogP contribution in [0.1, 0.15) is 209 Å². The highest BCUT2D eigenvalue weighted by molar-refractivity contribution is 6.12. The van der Waals surface area contributed by atoms with Gasteiger partial charge in [-0.25, -0.2) is 26.3 Å². The average Bonchev–Trinajstić information content (AvgIpc) is 1.70. The number of nitrogens with zero attached hydrogens (tertiary/aromatic N) is 6. The van der Waals surface area contributed by atoms with E-state index in [2.05, 4.69) is 0 Å². The molecule has 6 atom stereocenters. The van der Waals surface area contributed by atoms with E-state index >= 15 is 0 Å². The molecule has 18 amide bonds. The third kappa shape index (κ3) is 16.6. The summed E-state index contributed by atoms with van der Waals surface area (Å²) in [6.45, 7) is -9.34. The number of anilines is 6.